The Morgan fingerprint density at radius 2 is 1.84 bits per heavy atom. The van der Waals surface area contributed by atoms with Gasteiger partial charge in [0, 0.05) is 18.2 Å². The van der Waals surface area contributed by atoms with Crippen molar-refractivity contribution in [3.8, 4) is 0 Å². The molecule has 1 atom stereocenters. The van der Waals surface area contributed by atoms with E-state index in [9.17, 15) is 4.79 Å². The first-order valence-electron chi connectivity index (χ1n) is 6.61. The molecule has 3 N–H and O–H groups in total. The number of rotatable bonds is 4. The van der Waals surface area contributed by atoms with Crippen molar-refractivity contribution < 1.29 is 4.79 Å². The van der Waals surface area contributed by atoms with E-state index in [1.54, 1.807) is 0 Å². The van der Waals surface area contributed by atoms with Crippen LogP contribution in [0.1, 0.15) is 24.2 Å². The zero-order chi connectivity index (χ0) is 13.8. The lowest BCUT2D eigenvalue weighted by Gasteiger charge is -2.16. The highest BCUT2D eigenvalue weighted by Crippen LogP contribution is 2.18. The van der Waals surface area contributed by atoms with E-state index in [-0.39, 0.29) is 11.9 Å². The first-order chi connectivity index (χ1) is 9.09. The van der Waals surface area contributed by atoms with E-state index in [1.165, 1.54) is 0 Å². The largest absolute Gasteiger partial charge is 0.350 e. The van der Waals surface area contributed by atoms with Crippen LogP contribution in [0.2, 0.25) is 0 Å². The maximum absolute atomic E-state index is 12.2. The van der Waals surface area contributed by atoms with Crippen LogP contribution in [-0.2, 0) is 0 Å². The van der Waals surface area contributed by atoms with Gasteiger partial charge in [-0.05, 0) is 22.8 Å². The van der Waals surface area contributed by atoms with Gasteiger partial charge in [0.15, 0.2) is 0 Å². The number of hydrogen-bond donors (Lipinski definition) is 2. The smallest absolute Gasteiger partial charge is 0.251 e. The summed E-state index contributed by atoms with van der Waals surface area (Å²) in [6.07, 6.45) is 0. The molecule has 19 heavy (non-hydrogen) atoms. The van der Waals surface area contributed by atoms with Crippen molar-refractivity contribution in [2.24, 2.45) is 11.7 Å². The molecule has 0 fully saturated rings. The summed E-state index contributed by atoms with van der Waals surface area (Å²) >= 11 is 0. The van der Waals surface area contributed by atoms with Crippen molar-refractivity contribution in [2.75, 3.05) is 6.54 Å². The van der Waals surface area contributed by atoms with Crippen LogP contribution in [0.3, 0.4) is 0 Å². The van der Waals surface area contributed by atoms with Crippen molar-refractivity contribution in [2.45, 2.75) is 19.9 Å². The predicted octanol–water partition coefficient (Wildman–Crippen LogP) is 2.55. The van der Waals surface area contributed by atoms with Crippen molar-refractivity contribution >= 4 is 16.7 Å². The molecule has 0 spiro atoms. The van der Waals surface area contributed by atoms with Gasteiger partial charge in [-0.1, -0.05) is 50.2 Å². The highest BCUT2D eigenvalue weighted by molar-refractivity contribution is 6.06. The highest BCUT2D eigenvalue weighted by Gasteiger charge is 2.12. The molecule has 0 saturated heterocycles. The number of benzene rings is 2. The number of amides is 1. The summed E-state index contributed by atoms with van der Waals surface area (Å²) in [6.45, 7) is 4.60. The summed E-state index contributed by atoms with van der Waals surface area (Å²) in [6, 6.07) is 13.6. The molecule has 2 rings (SSSR count). The van der Waals surface area contributed by atoms with E-state index in [1.807, 2.05) is 42.5 Å². The number of carbonyl (C=O) groups excluding carboxylic acids is 1. The first kappa shape index (κ1) is 13.6. The lowest BCUT2D eigenvalue weighted by atomic mass is 10.0. The Hall–Kier alpha value is -1.87. The standard InChI is InChI=1S/C16H20N2O/c1-11(2)15(17)10-18-16(19)14-9-5-7-12-6-3-4-8-13(12)14/h3-9,11,15H,10,17H2,1-2H3,(H,18,19). The van der Waals surface area contributed by atoms with E-state index in [0.29, 0.717) is 18.0 Å². The van der Waals surface area contributed by atoms with E-state index in [2.05, 4.69) is 19.2 Å². The third-order valence-electron chi connectivity index (χ3n) is 3.39. The van der Waals surface area contributed by atoms with Gasteiger partial charge in [-0.15, -0.1) is 0 Å². The molecule has 1 amide bonds. The minimum absolute atomic E-state index is 0.0149. The maximum Gasteiger partial charge on any atom is 0.251 e. The quantitative estimate of drug-likeness (QED) is 0.883. The number of fused-ring (bicyclic) bond motifs is 1. The molecule has 1 unspecified atom stereocenters. The van der Waals surface area contributed by atoms with E-state index in [0.717, 1.165) is 10.8 Å². The van der Waals surface area contributed by atoms with Crippen LogP contribution in [0.15, 0.2) is 42.5 Å². The van der Waals surface area contributed by atoms with Crippen molar-refractivity contribution in [3.05, 3.63) is 48.0 Å². The second-order valence-corrected chi connectivity index (χ2v) is 5.14. The number of hydrogen-bond acceptors (Lipinski definition) is 2. The van der Waals surface area contributed by atoms with E-state index < -0.39 is 0 Å². The Labute approximate surface area is 113 Å². The Morgan fingerprint density at radius 3 is 2.58 bits per heavy atom. The third-order valence-corrected chi connectivity index (χ3v) is 3.39. The molecule has 0 radical (unpaired) electrons. The van der Waals surface area contributed by atoms with Crippen molar-refractivity contribution in [3.63, 3.8) is 0 Å². The number of carbonyl (C=O) groups is 1. The molecule has 2 aromatic carbocycles. The lowest BCUT2D eigenvalue weighted by molar-refractivity contribution is 0.0951. The Kier molecular flexibility index (Phi) is 4.17. The van der Waals surface area contributed by atoms with Gasteiger partial charge in [-0.2, -0.15) is 0 Å². The fourth-order valence-corrected chi connectivity index (χ4v) is 1.96. The minimum atomic E-state index is -0.0621. The molecule has 0 aliphatic heterocycles. The van der Waals surface area contributed by atoms with E-state index >= 15 is 0 Å². The van der Waals surface area contributed by atoms with Gasteiger partial charge in [-0.3, -0.25) is 4.79 Å². The molecule has 0 bridgehead atoms. The molecule has 100 valence electrons. The maximum atomic E-state index is 12.2. The van der Waals surface area contributed by atoms with Gasteiger partial charge in [-0.25, -0.2) is 0 Å². The molecule has 2 aromatic rings. The van der Waals surface area contributed by atoms with Gasteiger partial charge in [0.1, 0.15) is 0 Å². The average Bonchev–Trinajstić information content (AvgIpc) is 2.43. The summed E-state index contributed by atoms with van der Waals surface area (Å²) < 4.78 is 0. The monoisotopic (exact) mass is 256 g/mol. The molecular weight excluding hydrogens is 236 g/mol. The molecule has 3 nitrogen and oxygen atoms in total. The summed E-state index contributed by atoms with van der Waals surface area (Å²) in [5.74, 6) is 0.292. The molecule has 0 aromatic heterocycles. The topological polar surface area (TPSA) is 55.1 Å². The van der Waals surface area contributed by atoms with Crippen molar-refractivity contribution in [1.29, 1.82) is 0 Å². The highest BCUT2D eigenvalue weighted by atomic mass is 16.1. The molecular formula is C16H20N2O. The second kappa shape index (κ2) is 5.85. The van der Waals surface area contributed by atoms with Gasteiger partial charge >= 0.3 is 0 Å². The predicted molar refractivity (Wildman–Crippen MR) is 79.1 cm³/mol. The molecule has 0 aliphatic carbocycles. The Balaban J connectivity index is 2.18. The molecule has 3 heteroatoms. The normalized spacial score (nSPS) is 12.6. The van der Waals surface area contributed by atoms with Gasteiger partial charge in [0.25, 0.3) is 5.91 Å². The van der Waals surface area contributed by atoms with Crippen LogP contribution in [0.25, 0.3) is 10.8 Å². The molecule has 0 saturated carbocycles. The Morgan fingerprint density at radius 1 is 1.16 bits per heavy atom. The summed E-state index contributed by atoms with van der Waals surface area (Å²) in [4.78, 5) is 12.2. The lowest BCUT2D eigenvalue weighted by Crippen LogP contribution is -2.40. The third kappa shape index (κ3) is 3.12. The molecule has 0 aliphatic rings. The fourth-order valence-electron chi connectivity index (χ4n) is 1.96. The van der Waals surface area contributed by atoms with Crippen LogP contribution in [0.4, 0.5) is 0 Å². The number of nitrogens with one attached hydrogen (secondary N) is 1. The average molecular weight is 256 g/mol. The second-order valence-electron chi connectivity index (χ2n) is 5.14. The zero-order valence-corrected chi connectivity index (χ0v) is 11.4. The molecule has 0 heterocycles. The van der Waals surface area contributed by atoms with E-state index in [4.69, 9.17) is 5.73 Å². The first-order valence-corrected chi connectivity index (χ1v) is 6.61. The zero-order valence-electron chi connectivity index (χ0n) is 11.4. The fraction of sp³-hybridized carbons (Fsp3) is 0.312. The minimum Gasteiger partial charge on any atom is -0.350 e. The van der Waals surface area contributed by atoms with Crippen LogP contribution < -0.4 is 11.1 Å². The van der Waals surface area contributed by atoms with Crippen LogP contribution in [0, 0.1) is 5.92 Å². The summed E-state index contributed by atoms with van der Waals surface area (Å²) in [7, 11) is 0. The van der Waals surface area contributed by atoms with Gasteiger partial charge in [0.05, 0.1) is 0 Å². The van der Waals surface area contributed by atoms with Crippen LogP contribution >= 0.6 is 0 Å². The van der Waals surface area contributed by atoms with Crippen molar-refractivity contribution in [1.82, 2.24) is 5.32 Å². The summed E-state index contributed by atoms with van der Waals surface area (Å²) in [5.41, 5.74) is 6.64. The van der Waals surface area contributed by atoms with Gasteiger partial charge < -0.3 is 11.1 Å². The van der Waals surface area contributed by atoms with Gasteiger partial charge in [0.2, 0.25) is 0 Å². The Bertz CT molecular complexity index is 572. The number of nitrogens with two attached hydrogens (primary N) is 1. The SMILES string of the molecule is CC(C)C(N)CNC(=O)c1cccc2ccccc12. The van der Waals surface area contributed by atoms with Crippen LogP contribution in [0.5, 0.6) is 0 Å². The summed E-state index contributed by atoms with van der Waals surface area (Å²) in [5, 5.41) is 4.95. The van der Waals surface area contributed by atoms with Crippen LogP contribution in [-0.4, -0.2) is 18.5 Å².